The number of hydrogen-bond acceptors (Lipinski definition) is 2. The van der Waals surface area contributed by atoms with Crippen LogP contribution in [0.15, 0.2) is 36.4 Å². The average molecular weight is 298 g/mol. The van der Waals surface area contributed by atoms with Crippen LogP contribution in [0.3, 0.4) is 0 Å². The molecule has 0 heterocycles. The molecule has 0 aromatic heterocycles. The monoisotopic (exact) mass is 298 g/mol. The summed E-state index contributed by atoms with van der Waals surface area (Å²) in [4.78, 5) is 23.6. The van der Waals surface area contributed by atoms with E-state index in [9.17, 15) is 9.59 Å². The first kappa shape index (κ1) is 16.0. The maximum Gasteiger partial charge on any atom is 0.224 e. The van der Waals surface area contributed by atoms with Crippen LogP contribution in [0.1, 0.15) is 39.5 Å². The highest BCUT2D eigenvalue weighted by Crippen LogP contribution is 2.29. The second kappa shape index (κ2) is 7.59. The third kappa shape index (κ3) is 3.85. The molecule has 0 aliphatic heterocycles. The summed E-state index contributed by atoms with van der Waals surface area (Å²) >= 11 is 0. The highest BCUT2D eigenvalue weighted by molar-refractivity contribution is 6.08. The van der Waals surface area contributed by atoms with Crippen LogP contribution >= 0.6 is 0 Å². The van der Waals surface area contributed by atoms with Gasteiger partial charge in [0.05, 0.1) is 0 Å². The van der Waals surface area contributed by atoms with Crippen molar-refractivity contribution in [1.82, 2.24) is 0 Å². The van der Waals surface area contributed by atoms with Gasteiger partial charge in [0.25, 0.3) is 0 Å². The van der Waals surface area contributed by atoms with Crippen LogP contribution < -0.4 is 10.6 Å². The van der Waals surface area contributed by atoms with E-state index >= 15 is 0 Å². The summed E-state index contributed by atoms with van der Waals surface area (Å²) in [6.07, 6.45) is 2.64. The van der Waals surface area contributed by atoms with Crippen molar-refractivity contribution in [2.45, 2.75) is 39.5 Å². The van der Waals surface area contributed by atoms with Crippen molar-refractivity contribution in [1.29, 1.82) is 0 Å². The first-order valence-electron chi connectivity index (χ1n) is 7.77. The zero-order valence-corrected chi connectivity index (χ0v) is 13.1. The molecule has 4 heteroatoms. The fourth-order valence-electron chi connectivity index (χ4n) is 2.41. The number of benzene rings is 2. The van der Waals surface area contributed by atoms with Gasteiger partial charge in [0.15, 0.2) is 0 Å². The molecule has 0 saturated heterocycles. The van der Waals surface area contributed by atoms with Gasteiger partial charge in [-0.25, -0.2) is 0 Å². The number of hydrogen-bond donors (Lipinski definition) is 2. The summed E-state index contributed by atoms with van der Waals surface area (Å²) in [6.45, 7) is 3.95. The summed E-state index contributed by atoms with van der Waals surface area (Å²) in [5.41, 5.74) is 1.56. The molecule has 0 spiro atoms. The second-order valence-electron chi connectivity index (χ2n) is 5.30. The summed E-state index contributed by atoms with van der Waals surface area (Å²) in [5, 5.41) is 7.74. The first-order valence-corrected chi connectivity index (χ1v) is 7.77. The molecule has 0 fully saturated rings. The molecule has 2 aromatic rings. The second-order valence-corrected chi connectivity index (χ2v) is 5.30. The molecule has 0 saturated carbocycles. The number of nitrogens with one attached hydrogen (secondary N) is 2. The minimum absolute atomic E-state index is 0.00965. The van der Waals surface area contributed by atoms with Crippen molar-refractivity contribution < 1.29 is 9.59 Å². The molecule has 2 rings (SSSR count). The molecule has 116 valence electrons. The molecule has 0 unspecified atom stereocenters. The quantitative estimate of drug-likeness (QED) is 0.834. The van der Waals surface area contributed by atoms with Gasteiger partial charge in [0, 0.05) is 35.0 Å². The van der Waals surface area contributed by atoms with Crippen molar-refractivity contribution in [3.05, 3.63) is 36.4 Å². The Kier molecular flexibility index (Phi) is 5.53. The maximum atomic E-state index is 11.8. The van der Waals surface area contributed by atoms with Crippen molar-refractivity contribution in [3.8, 4) is 0 Å². The number of amides is 2. The van der Waals surface area contributed by atoms with Crippen LogP contribution in [0.4, 0.5) is 11.4 Å². The number of carbonyl (C=O) groups is 2. The van der Waals surface area contributed by atoms with Crippen molar-refractivity contribution >= 4 is 34.0 Å². The summed E-state index contributed by atoms with van der Waals surface area (Å²) < 4.78 is 0. The van der Waals surface area contributed by atoms with E-state index in [1.165, 1.54) is 0 Å². The highest BCUT2D eigenvalue weighted by Gasteiger charge is 2.09. The molecule has 2 amide bonds. The SMILES string of the molecule is CCCC(=O)Nc1cccc2c(NC(=O)CCC)cccc12. The van der Waals surface area contributed by atoms with Gasteiger partial charge < -0.3 is 10.6 Å². The fourth-order valence-corrected chi connectivity index (χ4v) is 2.41. The number of carbonyl (C=O) groups excluding carboxylic acids is 2. The molecular formula is C18H22N2O2. The zero-order valence-electron chi connectivity index (χ0n) is 13.1. The standard InChI is InChI=1S/C18H22N2O2/c1-3-7-17(21)19-15-11-5-10-14-13(15)9-6-12-16(14)20-18(22)8-4-2/h5-6,9-12H,3-4,7-8H2,1-2H3,(H,19,21)(H,20,22). The van der Waals surface area contributed by atoms with Crippen LogP contribution in [0.2, 0.25) is 0 Å². The Morgan fingerprint density at radius 2 is 1.18 bits per heavy atom. The predicted octanol–water partition coefficient (Wildman–Crippen LogP) is 4.32. The van der Waals surface area contributed by atoms with Crippen molar-refractivity contribution in [3.63, 3.8) is 0 Å². The Morgan fingerprint density at radius 1 is 0.773 bits per heavy atom. The van der Waals surface area contributed by atoms with E-state index in [1.54, 1.807) is 0 Å². The van der Waals surface area contributed by atoms with Gasteiger partial charge in [-0.2, -0.15) is 0 Å². The minimum atomic E-state index is 0.00965. The van der Waals surface area contributed by atoms with Crippen LogP contribution in [0.5, 0.6) is 0 Å². The smallest absolute Gasteiger partial charge is 0.224 e. The third-order valence-corrected chi connectivity index (χ3v) is 3.42. The first-order chi connectivity index (χ1) is 10.7. The lowest BCUT2D eigenvalue weighted by Crippen LogP contribution is -2.12. The Morgan fingerprint density at radius 3 is 1.55 bits per heavy atom. The van der Waals surface area contributed by atoms with Gasteiger partial charge >= 0.3 is 0 Å². The molecule has 0 radical (unpaired) electrons. The van der Waals surface area contributed by atoms with E-state index in [-0.39, 0.29) is 11.8 Å². The normalized spacial score (nSPS) is 10.5. The maximum absolute atomic E-state index is 11.8. The summed E-state index contributed by atoms with van der Waals surface area (Å²) in [6, 6.07) is 11.4. The third-order valence-electron chi connectivity index (χ3n) is 3.42. The topological polar surface area (TPSA) is 58.2 Å². The molecule has 2 N–H and O–H groups in total. The Hall–Kier alpha value is -2.36. The summed E-state index contributed by atoms with van der Waals surface area (Å²) in [7, 11) is 0. The predicted molar refractivity (Wildman–Crippen MR) is 91.0 cm³/mol. The molecule has 22 heavy (non-hydrogen) atoms. The van der Waals surface area contributed by atoms with E-state index < -0.39 is 0 Å². The van der Waals surface area contributed by atoms with Gasteiger partial charge in [-0.3, -0.25) is 9.59 Å². The van der Waals surface area contributed by atoms with Crippen molar-refractivity contribution in [2.75, 3.05) is 10.6 Å². The summed E-state index contributed by atoms with van der Waals surface area (Å²) in [5.74, 6) is 0.0193. The highest BCUT2D eigenvalue weighted by atomic mass is 16.2. The Bertz CT molecular complexity index is 621. The van der Waals surface area contributed by atoms with Gasteiger partial charge in [-0.05, 0) is 25.0 Å². The van der Waals surface area contributed by atoms with E-state index in [0.29, 0.717) is 12.8 Å². The van der Waals surface area contributed by atoms with Crippen LogP contribution in [-0.2, 0) is 9.59 Å². The molecular weight excluding hydrogens is 276 g/mol. The molecule has 0 aliphatic rings. The number of rotatable bonds is 6. The van der Waals surface area contributed by atoms with E-state index in [4.69, 9.17) is 0 Å². The molecule has 4 nitrogen and oxygen atoms in total. The van der Waals surface area contributed by atoms with Crippen LogP contribution in [0, 0.1) is 0 Å². The van der Waals surface area contributed by atoms with Gasteiger partial charge in [-0.1, -0.05) is 38.1 Å². The molecule has 0 bridgehead atoms. The Balaban J connectivity index is 2.33. The zero-order chi connectivity index (χ0) is 15.9. The lowest BCUT2D eigenvalue weighted by Gasteiger charge is -2.12. The largest absolute Gasteiger partial charge is 0.326 e. The van der Waals surface area contributed by atoms with E-state index in [0.717, 1.165) is 35.0 Å². The lowest BCUT2D eigenvalue weighted by molar-refractivity contribution is -0.117. The fraction of sp³-hybridized carbons (Fsp3) is 0.333. The van der Waals surface area contributed by atoms with Crippen LogP contribution in [0.25, 0.3) is 10.8 Å². The molecule has 0 aliphatic carbocycles. The van der Waals surface area contributed by atoms with E-state index in [2.05, 4.69) is 10.6 Å². The van der Waals surface area contributed by atoms with Gasteiger partial charge in [-0.15, -0.1) is 0 Å². The lowest BCUT2D eigenvalue weighted by atomic mass is 10.1. The van der Waals surface area contributed by atoms with Crippen molar-refractivity contribution in [2.24, 2.45) is 0 Å². The molecule has 0 atom stereocenters. The molecule has 2 aromatic carbocycles. The number of anilines is 2. The van der Waals surface area contributed by atoms with Crippen LogP contribution in [-0.4, -0.2) is 11.8 Å². The Labute approximate surface area is 130 Å². The number of fused-ring (bicyclic) bond motifs is 1. The van der Waals surface area contributed by atoms with Gasteiger partial charge in [0.2, 0.25) is 11.8 Å². The minimum Gasteiger partial charge on any atom is -0.326 e. The van der Waals surface area contributed by atoms with E-state index in [1.807, 2.05) is 50.2 Å². The average Bonchev–Trinajstić information content (AvgIpc) is 2.48. The van der Waals surface area contributed by atoms with Gasteiger partial charge in [0.1, 0.15) is 0 Å².